The summed E-state index contributed by atoms with van der Waals surface area (Å²) in [6.07, 6.45) is 1.45. The van der Waals surface area contributed by atoms with Crippen LogP contribution in [0.4, 0.5) is 0 Å². The third-order valence-electron chi connectivity index (χ3n) is 3.59. The van der Waals surface area contributed by atoms with Crippen molar-refractivity contribution in [2.24, 2.45) is 0 Å². The molecule has 4 heteroatoms. The standard InChI is InChI=1S/C12H6NO2.3CH3.Sn/c14-12-9-5-2-1-4-8(9)11-10(12)6-3-7-13(11)15;;;;/h2-7H;3*1H3;. The number of benzene rings is 1. The van der Waals surface area contributed by atoms with Crippen LogP contribution < -0.4 is 8.31 Å². The zero-order valence-electron chi connectivity index (χ0n) is 11.2. The Bertz CT molecular complexity index is 702. The van der Waals surface area contributed by atoms with Gasteiger partial charge in [0.25, 0.3) is 0 Å². The number of aromatic nitrogens is 1. The molecule has 0 amide bonds. The molecule has 1 aromatic heterocycles. The second-order valence-electron chi connectivity index (χ2n) is 5.94. The van der Waals surface area contributed by atoms with E-state index in [2.05, 4.69) is 27.0 Å². The van der Waals surface area contributed by atoms with Gasteiger partial charge in [0.1, 0.15) is 0 Å². The van der Waals surface area contributed by atoms with Crippen molar-refractivity contribution in [3.8, 4) is 11.3 Å². The number of pyridine rings is 1. The summed E-state index contributed by atoms with van der Waals surface area (Å²) in [6.45, 7) is 0. The van der Waals surface area contributed by atoms with Gasteiger partial charge in [-0.15, -0.1) is 0 Å². The fraction of sp³-hybridized carbons (Fsp3) is 0.200. The second-order valence-corrected chi connectivity index (χ2v) is 20.4. The van der Waals surface area contributed by atoms with Gasteiger partial charge in [-0.25, -0.2) is 0 Å². The first-order valence-corrected chi connectivity index (χ1v) is 16.3. The predicted molar refractivity (Wildman–Crippen MR) is 77.3 cm³/mol. The van der Waals surface area contributed by atoms with E-state index in [0.717, 1.165) is 10.3 Å². The molecule has 1 aromatic carbocycles. The van der Waals surface area contributed by atoms with Crippen LogP contribution in [0.15, 0.2) is 36.5 Å². The van der Waals surface area contributed by atoms with E-state index in [-0.39, 0.29) is 5.78 Å². The monoisotopic (exact) mass is 361 g/mol. The van der Waals surface area contributed by atoms with E-state index in [1.807, 2.05) is 6.07 Å². The number of carbonyl (C=O) groups excluding carboxylic acids is 1. The zero-order valence-corrected chi connectivity index (χ0v) is 14.1. The molecular weight excluding hydrogens is 345 g/mol. The Morgan fingerprint density at radius 3 is 2.47 bits per heavy atom. The molecule has 19 heavy (non-hydrogen) atoms. The zero-order chi connectivity index (χ0) is 13.8. The Morgan fingerprint density at radius 2 is 1.79 bits per heavy atom. The molecule has 0 aliphatic heterocycles. The molecule has 0 N–H and O–H groups in total. The van der Waals surface area contributed by atoms with Crippen LogP contribution in [0.2, 0.25) is 14.8 Å². The third kappa shape index (κ3) is 1.87. The van der Waals surface area contributed by atoms with Crippen molar-refractivity contribution in [2.45, 2.75) is 14.8 Å². The molecule has 1 aliphatic carbocycles. The molecule has 0 radical (unpaired) electrons. The van der Waals surface area contributed by atoms with E-state index in [1.54, 1.807) is 12.1 Å². The summed E-state index contributed by atoms with van der Waals surface area (Å²) < 4.78 is 2.14. The Hall–Kier alpha value is -1.36. The number of carbonyl (C=O) groups is 1. The van der Waals surface area contributed by atoms with Gasteiger partial charge in [0, 0.05) is 0 Å². The maximum atomic E-state index is 12.3. The van der Waals surface area contributed by atoms with Gasteiger partial charge in [-0.2, -0.15) is 0 Å². The predicted octanol–water partition coefficient (Wildman–Crippen LogP) is 2.08. The number of fused-ring (bicyclic) bond motifs is 3. The van der Waals surface area contributed by atoms with Gasteiger partial charge < -0.3 is 0 Å². The Kier molecular flexibility index (Phi) is 2.71. The molecule has 0 fully saturated rings. The van der Waals surface area contributed by atoms with E-state index in [0.29, 0.717) is 16.8 Å². The topological polar surface area (TPSA) is 44.0 Å². The summed E-state index contributed by atoms with van der Waals surface area (Å²) in [4.78, 5) is 19.2. The number of rotatable bonds is 1. The van der Waals surface area contributed by atoms with Crippen molar-refractivity contribution < 1.29 is 9.52 Å². The fourth-order valence-electron chi connectivity index (χ4n) is 2.49. The molecule has 96 valence electrons. The summed E-state index contributed by atoms with van der Waals surface area (Å²) in [5.41, 5.74) is 2.50. The average Bonchev–Trinajstić information content (AvgIpc) is 2.63. The van der Waals surface area contributed by atoms with Crippen LogP contribution in [-0.4, -0.2) is 24.2 Å². The van der Waals surface area contributed by atoms with Gasteiger partial charge in [-0.3, -0.25) is 0 Å². The Labute approximate surface area is 116 Å². The van der Waals surface area contributed by atoms with Gasteiger partial charge >= 0.3 is 116 Å². The molecule has 3 rings (SSSR count). The molecule has 0 bridgehead atoms. The molecule has 0 spiro atoms. The Morgan fingerprint density at radius 1 is 1.05 bits per heavy atom. The number of ketones is 1. The van der Waals surface area contributed by atoms with Crippen LogP contribution >= 0.6 is 0 Å². The van der Waals surface area contributed by atoms with Crippen LogP contribution in [-0.2, 0) is 0 Å². The molecule has 1 aliphatic rings. The van der Waals surface area contributed by atoms with Gasteiger partial charge in [0.15, 0.2) is 0 Å². The summed E-state index contributed by atoms with van der Waals surface area (Å²) in [5, 5.41) is 12.0. The molecule has 0 saturated carbocycles. The number of hydrogen-bond acceptors (Lipinski definition) is 2. The number of nitrogens with zero attached hydrogens (tertiary/aromatic N) is 1. The van der Waals surface area contributed by atoms with Crippen molar-refractivity contribution >= 4 is 27.7 Å². The minimum atomic E-state index is -2.20. The van der Waals surface area contributed by atoms with E-state index in [1.165, 1.54) is 9.78 Å². The first-order valence-electron chi connectivity index (χ1n) is 6.31. The summed E-state index contributed by atoms with van der Waals surface area (Å²) in [6, 6.07) is 9.36. The second kappa shape index (κ2) is 4.07. The van der Waals surface area contributed by atoms with Crippen molar-refractivity contribution in [3.05, 3.63) is 52.9 Å². The van der Waals surface area contributed by atoms with Crippen molar-refractivity contribution in [2.75, 3.05) is 0 Å². The molecule has 0 unspecified atom stereocenters. The maximum absolute atomic E-state index is 12.3. The van der Waals surface area contributed by atoms with Crippen molar-refractivity contribution in [1.82, 2.24) is 0 Å². The molecule has 3 nitrogen and oxygen atoms in total. The van der Waals surface area contributed by atoms with E-state index >= 15 is 0 Å². The van der Waals surface area contributed by atoms with Gasteiger partial charge in [0.05, 0.1) is 0 Å². The first-order chi connectivity index (χ1) is 8.89. The van der Waals surface area contributed by atoms with Crippen LogP contribution in [0.5, 0.6) is 0 Å². The van der Waals surface area contributed by atoms with Crippen LogP contribution in [0, 0.1) is 5.21 Å². The molecular formula is C15H15NO2Sn. The van der Waals surface area contributed by atoms with Crippen molar-refractivity contribution in [3.63, 3.8) is 0 Å². The molecule has 0 saturated heterocycles. The van der Waals surface area contributed by atoms with E-state index in [4.69, 9.17) is 0 Å². The van der Waals surface area contributed by atoms with Gasteiger partial charge in [-0.1, -0.05) is 0 Å². The molecule has 0 atom stereocenters. The summed E-state index contributed by atoms with van der Waals surface area (Å²) in [7, 11) is 0. The van der Waals surface area contributed by atoms with Gasteiger partial charge in [-0.05, 0) is 0 Å². The Balaban J connectivity index is 2.31. The first kappa shape index (κ1) is 12.7. The van der Waals surface area contributed by atoms with E-state index in [9.17, 15) is 10.0 Å². The fourth-order valence-corrected chi connectivity index (χ4v) is 5.80. The number of hydrogen-bond donors (Lipinski definition) is 0. The third-order valence-corrected chi connectivity index (χ3v) is 9.42. The quantitative estimate of drug-likeness (QED) is 0.379. The minimum absolute atomic E-state index is 0.0362. The van der Waals surface area contributed by atoms with Crippen LogP contribution in [0.1, 0.15) is 15.9 Å². The molecule has 2 aromatic rings. The average molecular weight is 360 g/mol. The normalized spacial score (nSPS) is 13.3. The summed E-state index contributed by atoms with van der Waals surface area (Å²) in [5.74, 6) is -0.0362. The molecule has 1 heterocycles. The van der Waals surface area contributed by atoms with E-state index < -0.39 is 18.4 Å². The summed E-state index contributed by atoms with van der Waals surface area (Å²) >= 11 is -2.20. The van der Waals surface area contributed by atoms with Crippen LogP contribution in [0.25, 0.3) is 11.3 Å². The van der Waals surface area contributed by atoms with Crippen LogP contribution in [0.3, 0.4) is 0 Å². The van der Waals surface area contributed by atoms with Crippen molar-refractivity contribution in [1.29, 1.82) is 0 Å². The van der Waals surface area contributed by atoms with Gasteiger partial charge in [0.2, 0.25) is 0 Å². The SMILES string of the molecule is [CH3][Sn]([CH3])([CH3])[c]1ccc2c(c1)-c1c(ccc[n+]1[O-])C2=O.